The van der Waals surface area contributed by atoms with Gasteiger partial charge in [-0.25, -0.2) is 0 Å². The molecule has 7 heteroatoms. The lowest BCUT2D eigenvalue weighted by molar-refractivity contribution is -0.390. The van der Waals surface area contributed by atoms with Crippen molar-refractivity contribution >= 4 is 21.7 Å². The van der Waals surface area contributed by atoms with E-state index in [1.165, 1.54) is 11.7 Å². The molecule has 0 atom stereocenters. The summed E-state index contributed by atoms with van der Waals surface area (Å²) in [6.07, 6.45) is 0. The number of nitrogens with zero attached hydrogens (tertiary/aromatic N) is 3. The average molecular weight is 236 g/mol. The molecule has 1 aromatic rings. The standard InChI is InChI=1S/C5H6BrN3O3/c1-8-4(12-2)3(9(10)11)7-5(8)6/h1-2H3. The molecule has 0 radical (unpaired) electrons. The van der Waals surface area contributed by atoms with Crippen LogP contribution < -0.4 is 4.74 Å². The molecule has 0 aromatic carbocycles. The molecule has 1 rings (SSSR count). The first kappa shape index (κ1) is 8.98. The Morgan fingerprint density at radius 2 is 2.33 bits per heavy atom. The number of methoxy groups -OCH3 is 1. The highest BCUT2D eigenvalue weighted by Gasteiger charge is 2.24. The molecule has 66 valence electrons. The van der Waals surface area contributed by atoms with Crippen molar-refractivity contribution in [2.24, 2.45) is 7.05 Å². The van der Waals surface area contributed by atoms with Crippen molar-refractivity contribution in [1.82, 2.24) is 9.55 Å². The monoisotopic (exact) mass is 235 g/mol. The number of imidazole rings is 1. The van der Waals surface area contributed by atoms with E-state index in [4.69, 9.17) is 4.74 Å². The van der Waals surface area contributed by atoms with Crippen molar-refractivity contribution in [3.63, 3.8) is 0 Å². The summed E-state index contributed by atoms with van der Waals surface area (Å²) in [5.74, 6) is -0.154. The van der Waals surface area contributed by atoms with Gasteiger partial charge in [-0.15, -0.1) is 0 Å². The van der Waals surface area contributed by atoms with E-state index < -0.39 is 4.92 Å². The van der Waals surface area contributed by atoms with Gasteiger partial charge in [-0.05, 0) is 9.91 Å². The fraction of sp³-hybridized carbons (Fsp3) is 0.400. The van der Waals surface area contributed by atoms with E-state index in [1.807, 2.05) is 0 Å². The molecular formula is C5H6BrN3O3. The number of aromatic nitrogens is 2. The lowest BCUT2D eigenvalue weighted by Crippen LogP contribution is -1.96. The zero-order valence-corrected chi connectivity index (χ0v) is 8.03. The maximum Gasteiger partial charge on any atom is 0.427 e. The summed E-state index contributed by atoms with van der Waals surface area (Å²) in [6, 6.07) is 0. The molecule has 0 saturated carbocycles. The summed E-state index contributed by atoms with van der Waals surface area (Å²) in [5, 5.41) is 10.4. The van der Waals surface area contributed by atoms with Gasteiger partial charge < -0.3 is 14.9 Å². The SMILES string of the molecule is COc1c([N+](=O)[O-])nc(Br)n1C. The largest absolute Gasteiger partial charge is 0.476 e. The Morgan fingerprint density at radius 1 is 1.75 bits per heavy atom. The maximum atomic E-state index is 10.4. The molecule has 1 heterocycles. The third-order valence-electron chi connectivity index (χ3n) is 1.34. The van der Waals surface area contributed by atoms with Crippen LogP contribution in [0, 0.1) is 10.1 Å². The predicted molar refractivity (Wildman–Crippen MR) is 44.1 cm³/mol. The minimum atomic E-state index is -0.594. The Balaban J connectivity index is 3.29. The van der Waals surface area contributed by atoms with E-state index in [-0.39, 0.29) is 11.7 Å². The quantitative estimate of drug-likeness (QED) is 0.569. The van der Waals surface area contributed by atoms with Crippen LogP contribution in [0.25, 0.3) is 0 Å². The number of nitro groups is 1. The molecule has 6 nitrogen and oxygen atoms in total. The minimum absolute atomic E-state index is 0.131. The van der Waals surface area contributed by atoms with Gasteiger partial charge >= 0.3 is 5.82 Å². The molecule has 0 N–H and O–H groups in total. The lowest BCUT2D eigenvalue weighted by atomic mass is 10.7. The summed E-state index contributed by atoms with van der Waals surface area (Å²) >= 11 is 3.04. The van der Waals surface area contributed by atoms with Crippen molar-refractivity contribution in [2.75, 3.05) is 7.11 Å². The average Bonchev–Trinajstić information content (AvgIpc) is 2.29. The second kappa shape index (κ2) is 3.10. The van der Waals surface area contributed by atoms with Gasteiger partial charge in [0.25, 0.3) is 10.6 Å². The van der Waals surface area contributed by atoms with E-state index in [2.05, 4.69) is 20.9 Å². The highest BCUT2D eigenvalue weighted by atomic mass is 79.9. The van der Waals surface area contributed by atoms with Gasteiger partial charge in [0.05, 0.1) is 7.11 Å². The smallest absolute Gasteiger partial charge is 0.427 e. The predicted octanol–water partition coefficient (Wildman–Crippen LogP) is 1.10. The van der Waals surface area contributed by atoms with Crippen LogP contribution in [0.1, 0.15) is 0 Å². The zero-order valence-electron chi connectivity index (χ0n) is 6.44. The normalized spacial score (nSPS) is 9.92. The number of hydrogen-bond donors (Lipinski definition) is 0. The number of ether oxygens (including phenoxy) is 1. The summed E-state index contributed by atoms with van der Waals surface area (Å²) in [7, 11) is 2.97. The lowest BCUT2D eigenvalue weighted by Gasteiger charge is -1.97. The van der Waals surface area contributed by atoms with Crippen LogP contribution in [-0.4, -0.2) is 21.6 Å². The highest BCUT2D eigenvalue weighted by Crippen LogP contribution is 2.28. The van der Waals surface area contributed by atoms with Crippen molar-refractivity contribution in [1.29, 1.82) is 0 Å². The van der Waals surface area contributed by atoms with E-state index in [1.54, 1.807) is 7.05 Å². The zero-order chi connectivity index (χ0) is 9.30. The molecule has 0 aliphatic carbocycles. The third kappa shape index (κ3) is 1.27. The van der Waals surface area contributed by atoms with E-state index >= 15 is 0 Å². The Bertz CT molecular complexity index is 322. The van der Waals surface area contributed by atoms with Crippen LogP contribution in [0.4, 0.5) is 5.82 Å². The summed E-state index contributed by atoms with van der Waals surface area (Å²) in [4.78, 5) is 13.4. The van der Waals surface area contributed by atoms with Gasteiger partial charge in [0.15, 0.2) is 0 Å². The van der Waals surface area contributed by atoms with Gasteiger partial charge in [-0.3, -0.25) is 4.57 Å². The summed E-state index contributed by atoms with van der Waals surface area (Å²) in [5.41, 5.74) is 0. The third-order valence-corrected chi connectivity index (χ3v) is 2.05. The van der Waals surface area contributed by atoms with Crippen molar-refractivity contribution in [3.8, 4) is 5.88 Å². The van der Waals surface area contributed by atoms with Gasteiger partial charge in [-0.1, -0.05) is 0 Å². The molecule has 1 aromatic heterocycles. The molecule has 12 heavy (non-hydrogen) atoms. The Kier molecular flexibility index (Phi) is 2.32. The molecule has 0 aliphatic heterocycles. The fourth-order valence-electron chi connectivity index (χ4n) is 0.791. The highest BCUT2D eigenvalue weighted by molar-refractivity contribution is 9.10. The molecule has 0 saturated heterocycles. The number of rotatable bonds is 2. The van der Waals surface area contributed by atoms with Gasteiger partial charge in [-0.2, -0.15) is 0 Å². The first-order chi connectivity index (χ1) is 5.57. The minimum Gasteiger partial charge on any atom is -0.476 e. The Labute approximate surface area is 76.4 Å². The second-order valence-corrected chi connectivity index (χ2v) is 2.74. The molecule has 0 bridgehead atoms. The molecule has 0 unspecified atom stereocenters. The number of halogens is 1. The first-order valence-corrected chi connectivity index (χ1v) is 3.77. The fourth-order valence-corrected chi connectivity index (χ4v) is 1.12. The summed E-state index contributed by atoms with van der Waals surface area (Å²) in [6.45, 7) is 0. The molecule has 0 amide bonds. The van der Waals surface area contributed by atoms with Crippen LogP contribution in [0.5, 0.6) is 5.88 Å². The van der Waals surface area contributed by atoms with E-state index in [0.717, 1.165) is 0 Å². The van der Waals surface area contributed by atoms with Gasteiger partial charge in [0, 0.05) is 23.0 Å². The van der Waals surface area contributed by atoms with Crippen LogP contribution in [0.15, 0.2) is 4.73 Å². The first-order valence-electron chi connectivity index (χ1n) is 2.98. The molecule has 0 spiro atoms. The summed E-state index contributed by atoms with van der Waals surface area (Å²) < 4.78 is 6.60. The van der Waals surface area contributed by atoms with Crippen LogP contribution in [0.3, 0.4) is 0 Å². The van der Waals surface area contributed by atoms with Crippen molar-refractivity contribution in [3.05, 3.63) is 14.8 Å². The van der Waals surface area contributed by atoms with E-state index in [9.17, 15) is 10.1 Å². The molecule has 0 aliphatic rings. The molecule has 0 fully saturated rings. The topological polar surface area (TPSA) is 70.2 Å². The van der Waals surface area contributed by atoms with Crippen molar-refractivity contribution in [2.45, 2.75) is 0 Å². The van der Waals surface area contributed by atoms with Crippen LogP contribution in [-0.2, 0) is 7.05 Å². The van der Waals surface area contributed by atoms with Gasteiger partial charge in [0.1, 0.15) is 0 Å². The van der Waals surface area contributed by atoms with Crippen LogP contribution >= 0.6 is 15.9 Å². The van der Waals surface area contributed by atoms with Crippen LogP contribution in [0.2, 0.25) is 0 Å². The van der Waals surface area contributed by atoms with Crippen molar-refractivity contribution < 1.29 is 9.66 Å². The molecular weight excluding hydrogens is 230 g/mol. The van der Waals surface area contributed by atoms with E-state index in [0.29, 0.717) is 4.73 Å². The second-order valence-electron chi connectivity index (χ2n) is 2.03. The Morgan fingerprint density at radius 3 is 2.67 bits per heavy atom. The van der Waals surface area contributed by atoms with Gasteiger partial charge in [0.2, 0.25) is 0 Å². The Hall–Kier alpha value is -1.11. The maximum absolute atomic E-state index is 10.4. The number of hydrogen-bond acceptors (Lipinski definition) is 4.